The van der Waals surface area contributed by atoms with Gasteiger partial charge in [-0.05, 0) is 0 Å². The van der Waals surface area contributed by atoms with Crippen LogP contribution in [-0.4, -0.2) is 28.5 Å². The molecule has 0 fully saturated rings. The minimum atomic E-state index is -4.34. The van der Waals surface area contributed by atoms with Crippen molar-refractivity contribution in [2.24, 2.45) is 0 Å². The smallest absolute Gasteiger partial charge is 0.391 e. The third kappa shape index (κ3) is 2.57. The number of hydrogen-bond acceptors (Lipinski definition) is 4. The van der Waals surface area contributed by atoms with Gasteiger partial charge in [-0.3, -0.25) is 0 Å². The second-order valence-corrected chi connectivity index (χ2v) is 3.70. The molecule has 1 unspecified atom stereocenters. The van der Waals surface area contributed by atoms with Crippen LogP contribution < -0.4 is 0 Å². The maximum absolute atomic E-state index is 12.2. The Balaban J connectivity index is 2.17. The lowest BCUT2D eigenvalue weighted by Gasteiger charge is -2.22. The van der Waals surface area contributed by atoms with E-state index >= 15 is 0 Å². The van der Waals surface area contributed by atoms with E-state index < -0.39 is 30.4 Å². The first-order valence-electron chi connectivity index (χ1n) is 4.76. The van der Waals surface area contributed by atoms with Gasteiger partial charge >= 0.3 is 12.1 Å². The number of aromatic carboxylic acids is 1. The summed E-state index contributed by atoms with van der Waals surface area (Å²) in [6.45, 7) is -0.160. The molecule has 0 spiro atoms. The van der Waals surface area contributed by atoms with E-state index in [0.29, 0.717) is 0 Å². The number of halogens is 3. The van der Waals surface area contributed by atoms with Crippen LogP contribution in [0.3, 0.4) is 0 Å². The van der Waals surface area contributed by atoms with Crippen molar-refractivity contribution in [3.05, 3.63) is 17.0 Å². The zero-order valence-electron chi connectivity index (χ0n) is 8.45. The Kier molecular flexibility index (Phi) is 2.82. The number of hydrogen-bond donors (Lipinski definition) is 1. The molecule has 0 saturated carbocycles. The van der Waals surface area contributed by atoms with Crippen molar-refractivity contribution >= 4 is 5.97 Å². The van der Waals surface area contributed by atoms with Crippen LogP contribution in [0.2, 0.25) is 0 Å². The van der Waals surface area contributed by atoms with Crippen LogP contribution in [0.4, 0.5) is 13.2 Å². The molecule has 2 rings (SSSR count). The Morgan fingerprint density at radius 2 is 2.24 bits per heavy atom. The summed E-state index contributed by atoms with van der Waals surface area (Å²) in [5.41, 5.74) is 0.443. The second kappa shape index (κ2) is 4.02. The molecule has 0 aromatic carbocycles. The highest BCUT2D eigenvalue weighted by atomic mass is 19.4. The Morgan fingerprint density at radius 1 is 1.53 bits per heavy atom. The summed E-state index contributed by atoms with van der Waals surface area (Å²) in [5, 5.41) is 12.2. The Labute approximate surface area is 93.1 Å². The van der Waals surface area contributed by atoms with Crippen LogP contribution in [0.1, 0.15) is 28.2 Å². The number of rotatable bonds is 2. The molecule has 0 amide bonds. The third-order valence-electron chi connectivity index (χ3n) is 2.41. The number of carboxylic acid groups (broad SMARTS) is 1. The molecule has 1 atom stereocenters. The average molecular weight is 251 g/mol. The van der Waals surface area contributed by atoms with Crippen molar-refractivity contribution in [3.8, 4) is 0 Å². The maximum atomic E-state index is 12.2. The lowest BCUT2D eigenvalue weighted by molar-refractivity contribution is -0.163. The van der Waals surface area contributed by atoms with Crippen LogP contribution in [-0.2, 0) is 17.8 Å². The molecular formula is C9H8F3NO4. The van der Waals surface area contributed by atoms with E-state index in [4.69, 9.17) is 9.84 Å². The predicted octanol–water partition coefficient (Wildman–Crippen LogP) is 1.77. The van der Waals surface area contributed by atoms with Crippen LogP contribution in [0.15, 0.2) is 4.52 Å². The molecule has 0 radical (unpaired) electrons. The van der Waals surface area contributed by atoms with Crippen molar-refractivity contribution in [2.75, 3.05) is 0 Å². The molecule has 1 aliphatic heterocycles. The van der Waals surface area contributed by atoms with Crippen molar-refractivity contribution in [1.29, 1.82) is 0 Å². The topological polar surface area (TPSA) is 72.6 Å². The van der Waals surface area contributed by atoms with E-state index in [0.717, 1.165) is 0 Å². The number of aromatic nitrogens is 1. The maximum Gasteiger partial charge on any atom is 0.391 e. The molecule has 0 saturated heterocycles. The summed E-state index contributed by atoms with van der Waals surface area (Å²) < 4.78 is 46.0. The number of alkyl halides is 3. The van der Waals surface area contributed by atoms with Crippen molar-refractivity contribution < 1.29 is 32.3 Å². The van der Waals surface area contributed by atoms with E-state index in [-0.39, 0.29) is 24.3 Å². The molecule has 1 N–H and O–H groups in total. The highest BCUT2D eigenvalue weighted by Gasteiger charge is 2.37. The summed E-state index contributed by atoms with van der Waals surface area (Å²) in [6.07, 6.45) is -6.70. The molecule has 8 heteroatoms. The zero-order chi connectivity index (χ0) is 12.6. The van der Waals surface area contributed by atoms with Gasteiger partial charge in [0.05, 0.1) is 19.1 Å². The van der Waals surface area contributed by atoms with Gasteiger partial charge in [-0.15, -0.1) is 0 Å². The fourth-order valence-corrected chi connectivity index (χ4v) is 1.71. The first-order valence-corrected chi connectivity index (χ1v) is 4.76. The first kappa shape index (κ1) is 11.9. The van der Waals surface area contributed by atoms with Gasteiger partial charge in [-0.25, -0.2) is 4.79 Å². The Bertz CT molecular complexity index is 440. The van der Waals surface area contributed by atoms with Gasteiger partial charge in [-0.2, -0.15) is 13.2 Å². The van der Waals surface area contributed by atoms with E-state index in [1.807, 2.05) is 0 Å². The van der Waals surface area contributed by atoms with Crippen LogP contribution in [0.25, 0.3) is 0 Å². The van der Waals surface area contributed by atoms with Gasteiger partial charge < -0.3 is 14.4 Å². The van der Waals surface area contributed by atoms with Crippen molar-refractivity contribution in [1.82, 2.24) is 5.16 Å². The average Bonchev–Trinajstić information content (AvgIpc) is 2.57. The molecule has 5 nitrogen and oxygen atoms in total. The molecule has 1 aliphatic rings. The molecule has 1 aromatic heterocycles. The fourth-order valence-electron chi connectivity index (χ4n) is 1.71. The number of carboxylic acids is 1. The van der Waals surface area contributed by atoms with Crippen LogP contribution in [0.5, 0.6) is 0 Å². The van der Waals surface area contributed by atoms with Gasteiger partial charge in [0.2, 0.25) is 5.76 Å². The summed E-state index contributed by atoms with van der Waals surface area (Å²) in [5.74, 6) is -1.75. The van der Waals surface area contributed by atoms with E-state index in [9.17, 15) is 18.0 Å². The largest absolute Gasteiger partial charge is 0.475 e. The van der Waals surface area contributed by atoms with Gasteiger partial charge in [0.1, 0.15) is 5.69 Å². The highest BCUT2D eigenvalue weighted by Crippen LogP contribution is 2.30. The summed E-state index contributed by atoms with van der Waals surface area (Å²) in [6, 6.07) is 0. The molecule has 0 aliphatic carbocycles. The molecule has 1 aromatic rings. The van der Waals surface area contributed by atoms with Crippen molar-refractivity contribution in [2.45, 2.75) is 31.7 Å². The van der Waals surface area contributed by atoms with E-state index in [2.05, 4.69) is 9.68 Å². The van der Waals surface area contributed by atoms with E-state index in [1.54, 1.807) is 0 Å². The first-order chi connectivity index (χ1) is 7.87. The van der Waals surface area contributed by atoms with Crippen LogP contribution in [0, 0.1) is 0 Å². The second-order valence-electron chi connectivity index (χ2n) is 3.70. The monoisotopic (exact) mass is 251 g/mol. The number of carbonyl (C=O) groups is 1. The number of fused-ring (bicyclic) bond motifs is 1. The normalized spacial score (nSPS) is 20.1. The number of nitrogens with zero attached hydrogens (tertiary/aromatic N) is 1. The fraction of sp³-hybridized carbons (Fsp3) is 0.556. The van der Waals surface area contributed by atoms with Gasteiger partial charge in [0.15, 0.2) is 0 Å². The van der Waals surface area contributed by atoms with Crippen molar-refractivity contribution in [3.63, 3.8) is 0 Å². The van der Waals surface area contributed by atoms with Gasteiger partial charge in [-0.1, -0.05) is 5.16 Å². The van der Waals surface area contributed by atoms with Gasteiger partial charge in [0.25, 0.3) is 0 Å². The lowest BCUT2D eigenvalue weighted by Crippen LogP contribution is -2.28. The molecule has 2 heterocycles. The van der Waals surface area contributed by atoms with Crippen LogP contribution >= 0.6 is 0 Å². The molecule has 17 heavy (non-hydrogen) atoms. The Morgan fingerprint density at radius 3 is 2.82 bits per heavy atom. The summed E-state index contributed by atoms with van der Waals surface area (Å²) >= 11 is 0. The highest BCUT2D eigenvalue weighted by molar-refractivity contribution is 5.86. The Hall–Kier alpha value is -1.57. The SMILES string of the molecule is O=C(O)c1onc2c1CC(CC(F)(F)F)OC2. The standard InChI is InChI=1S/C9H8F3NO4/c10-9(11,12)2-4-1-5-6(3-16-4)13-17-7(5)8(14)15/h4H,1-3H2,(H,14,15). The van der Waals surface area contributed by atoms with Gasteiger partial charge in [0, 0.05) is 12.0 Å². The number of ether oxygens (including phenoxy) is 1. The quantitative estimate of drug-likeness (QED) is 0.867. The minimum absolute atomic E-state index is 0.153. The minimum Gasteiger partial charge on any atom is -0.475 e. The molecule has 0 bridgehead atoms. The van der Waals surface area contributed by atoms with E-state index in [1.165, 1.54) is 0 Å². The lowest BCUT2D eigenvalue weighted by atomic mass is 10.0. The molecule has 94 valence electrons. The zero-order valence-corrected chi connectivity index (χ0v) is 8.45. The predicted molar refractivity (Wildman–Crippen MR) is 46.4 cm³/mol. The molecular weight excluding hydrogens is 243 g/mol. The third-order valence-corrected chi connectivity index (χ3v) is 2.41. The summed E-state index contributed by atoms with van der Waals surface area (Å²) in [4.78, 5) is 10.7. The summed E-state index contributed by atoms with van der Waals surface area (Å²) in [7, 11) is 0.